The minimum atomic E-state index is -4.94. The molecule has 10 nitrogen and oxygen atoms in total. The number of imidazole rings is 1. The van der Waals surface area contributed by atoms with Crippen molar-refractivity contribution in [2.24, 2.45) is 0 Å². The number of hydrogen-bond acceptors (Lipinski definition) is 8. The number of rotatable bonds is 8. The van der Waals surface area contributed by atoms with Crippen LogP contribution in [-0.2, 0) is 0 Å². The summed E-state index contributed by atoms with van der Waals surface area (Å²) in [7, 11) is 0. The second kappa shape index (κ2) is 8.06. The molecule has 0 amide bonds. The highest BCUT2D eigenvalue weighted by Crippen LogP contribution is 2.36. The molecule has 2 heterocycles. The molecule has 1 aromatic carbocycles. The molecular formula is C19H16F3N9O. The van der Waals surface area contributed by atoms with Gasteiger partial charge in [-0.15, -0.1) is 18.3 Å². The summed E-state index contributed by atoms with van der Waals surface area (Å²) in [5.41, 5.74) is 1.51. The van der Waals surface area contributed by atoms with Crippen molar-refractivity contribution in [3.8, 4) is 11.8 Å². The Bertz CT molecular complexity index is 1220. The highest BCUT2D eigenvalue weighted by Gasteiger charge is 2.33. The van der Waals surface area contributed by atoms with Crippen molar-refractivity contribution in [1.29, 1.82) is 16.1 Å². The quantitative estimate of drug-likeness (QED) is 0.306. The molecule has 0 aliphatic heterocycles. The van der Waals surface area contributed by atoms with E-state index in [2.05, 4.69) is 25.5 Å². The molecule has 13 heteroatoms. The summed E-state index contributed by atoms with van der Waals surface area (Å²) in [6, 6.07) is 7.70. The van der Waals surface area contributed by atoms with Gasteiger partial charge in [0, 0.05) is 17.8 Å². The Morgan fingerprint density at radius 2 is 2.00 bits per heavy atom. The first-order chi connectivity index (χ1) is 15.3. The van der Waals surface area contributed by atoms with Gasteiger partial charge in [0.05, 0.1) is 30.2 Å². The van der Waals surface area contributed by atoms with E-state index in [0.29, 0.717) is 41.6 Å². The molecule has 0 atom stereocenters. The Morgan fingerprint density at radius 3 is 2.62 bits per heavy atom. The first-order valence-electron chi connectivity index (χ1n) is 9.33. The van der Waals surface area contributed by atoms with E-state index in [-0.39, 0.29) is 11.4 Å². The van der Waals surface area contributed by atoms with Crippen LogP contribution in [0.5, 0.6) is 5.75 Å². The third-order valence-electron chi connectivity index (χ3n) is 4.53. The number of nitrogens with zero attached hydrogens (tertiary/aromatic N) is 5. The second-order valence-electron chi connectivity index (χ2n) is 6.87. The fraction of sp³-hybridized carbons (Fsp3) is 0.211. The van der Waals surface area contributed by atoms with Gasteiger partial charge < -0.3 is 15.4 Å². The average Bonchev–Trinajstić information content (AvgIpc) is 3.46. The van der Waals surface area contributed by atoms with Crippen LogP contribution < -0.4 is 20.3 Å². The lowest BCUT2D eigenvalue weighted by molar-refractivity contribution is -0.274. The second-order valence-corrected chi connectivity index (χ2v) is 6.87. The fourth-order valence-electron chi connectivity index (χ4n) is 2.99. The van der Waals surface area contributed by atoms with Crippen LogP contribution in [0.25, 0.3) is 5.65 Å². The van der Waals surface area contributed by atoms with Crippen LogP contribution in [-0.4, -0.2) is 39.7 Å². The van der Waals surface area contributed by atoms with Crippen LogP contribution in [0.15, 0.2) is 30.5 Å². The van der Waals surface area contributed by atoms with E-state index in [1.807, 2.05) is 6.07 Å². The molecule has 3 aromatic rings. The molecule has 1 fully saturated rings. The minimum Gasteiger partial charge on any atom is -0.404 e. The maximum absolute atomic E-state index is 12.8. The Kier molecular flexibility index (Phi) is 5.27. The number of nitrogens with one attached hydrogen (secondary N) is 4. The first kappa shape index (κ1) is 20.9. The lowest BCUT2D eigenvalue weighted by atomic mass is 10.2. The number of ether oxygens (including phenoxy) is 1. The van der Waals surface area contributed by atoms with Crippen molar-refractivity contribution in [1.82, 2.24) is 14.6 Å². The van der Waals surface area contributed by atoms with Crippen LogP contribution in [0, 0.1) is 22.1 Å². The van der Waals surface area contributed by atoms with Gasteiger partial charge in [0.15, 0.2) is 22.9 Å². The summed E-state index contributed by atoms with van der Waals surface area (Å²) >= 11 is 0. The zero-order chi connectivity index (χ0) is 22.9. The molecule has 0 radical (unpaired) electrons. The maximum Gasteiger partial charge on any atom is 0.573 e. The topological polar surface area (TPSA) is 138 Å². The van der Waals surface area contributed by atoms with Gasteiger partial charge in [-0.05, 0) is 31.0 Å². The van der Waals surface area contributed by atoms with Crippen LogP contribution in [0.4, 0.5) is 36.1 Å². The number of nitriles is 1. The molecular weight excluding hydrogens is 427 g/mol. The number of benzene rings is 1. The van der Waals surface area contributed by atoms with Gasteiger partial charge in [-0.2, -0.15) is 9.78 Å². The number of anilines is 4. The standard InChI is InChI=1S/C19H16F3N9O/c20-19(21,22)32-16-4-3-12(5-15(16)30(9-24)10-25)28-17-6-14(27-11-1-2-11)18-26-8-13(7-23)31(18)29-17/h3-6,8-11,24-25,27H,1-2H2,(H,28,29). The molecule has 4 rings (SSSR count). The summed E-state index contributed by atoms with van der Waals surface area (Å²) in [5, 5.41) is 34.7. The van der Waals surface area contributed by atoms with Gasteiger partial charge in [0.2, 0.25) is 0 Å². The number of hydrogen-bond donors (Lipinski definition) is 4. The van der Waals surface area contributed by atoms with Crippen LogP contribution in [0.2, 0.25) is 0 Å². The lowest BCUT2D eigenvalue weighted by Crippen LogP contribution is -2.22. The van der Waals surface area contributed by atoms with E-state index < -0.39 is 12.1 Å². The summed E-state index contributed by atoms with van der Waals surface area (Å²) < 4.78 is 43.7. The molecule has 0 saturated heterocycles. The summed E-state index contributed by atoms with van der Waals surface area (Å²) in [5.74, 6) is -0.266. The monoisotopic (exact) mass is 443 g/mol. The van der Waals surface area contributed by atoms with Gasteiger partial charge in [-0.3, -0.25) is 15.7 Å². The normalized spacial score (nSPS) is 13.3. The third-order valence-corrected chi connectivity index (χ3v) is 4.53. The third kappa shape index (κ3) is 4.38. The highest BCUT2D eigenvalue weighted by molar-refractivity contribution is 6.00. The molecule has 1 saturated carbocycles. The van der Waals surface area contributed by atoms with Crippen LogP contribution in [0.3, 0.4) is 0 Å². The zero-order valence-corrected chi connectivity index (χ0v) is 16.3. The van der Waals surface area contributed by atoms with E-state index in [4.69, 9.17) is 10.8 Å². The van der Waals surface area contributed by atoms with Crippen molar-refractivity contribution >= 4 is 41.2 Å². The fourth-order valence-corrected chi connectivity index (χ4v) is 2.99. The average molecular weight is 443 g/mol. The zero-order valence-electron chi connectivity index (χ0n) is 16.3. The molecule has 0 unspecified atom stereocenters. The number of fused-ring (bicyclic) bond motifs is 1. The van der Waals surface area contributed by atoms with E-state index in [1.165, 1.54) is 22.8 Å². The Morgan fingerprint density at radius 1 is 1.25 bits per heavy atom. The van der Waals surface area contributed by atoms with Gasteiger partial charge in [-0.25, -0.2) is 4.98 Å². The number of aromatic nitrogens is 3. The van der Waals surface area contributed by atoms with E-state index >= 15 is 0 Å². The van der Waals surface area contributed by atoms with Crippen molar-refractivity contribution in [2.75, 3.05) is 15.5 Å². The SMILES string of the molecule is N#Cc1cnc2c(NC3CC3)cc(Nc3ccc(OC(F)(F)F)c(N(C=N)C=N)c3)nn12. The smallest absolute Gasteiger partial charge is 0.404 e. The van der Waals surface area contributed by atoms with E-state index in [0.717, 1.165) is 23.8 Å². The molecule has 164 valence electrons. The summed E-state index contributed by atoms with van der Waals surface area (Å²) in [6.07, 6.45) is -0.154. The van der Waals surface area contributed by atoms with Gasteiger partial charge in [0.1, 0.15) is 6.07 Å². The molecule has 1 aliphatic rings. The van der Waals surface area contributed by atoms with E-state index in [1.54, 1.807) is 6.07 Å². The van der Waals surface area contributed by atoms with E-state index in [9.17, 15) is 18.4 Å². The van der Waals surface area contributed by atoms with Gasteiger partial charge >= 0.3 is 6.36 Å². The summed E-state index contributed by atoms with van der Waals surface area (Å²) in [4.78, 5) is 5.09. The van der Waals surface area contributed by atoms with Gasteiger partial charge in [0.25, 0.3) is 0 Å². The van der Waals surface area contributed by atoms with Crippen LogP contribution in [0.1, 0.15) is 18.5 Å². The first-order valence-corrected chi connectivity index (χ1v) is 9.33. The molecule has 1 aliphatic carbocycles. The van der Waals surface area contributed by atoms with Crippen molar-refractivity contribution in [3.63, 3.8) is 0 Å². The molecule has 4 N–H and O–H groups in total. The van der Waals surface area contributed by atoms with Crippen molar-refractivity contribution in [3.05, 3.63) is 36.2 Å². The molecule has 2 aromatic heterocycles. The lowest BCUT2D eigenvalue weighted by Gasteiger charge is -2.20. The summed E-state index contributed by atoms with van der Waals surface area (Å²) in [6.45, 7) is 0. The maximum atomic E-state index is 12.8. The highest BCUT2D eigenvalue weighted by atomic mass is 19.4. The molecule has 0 spiro atoms. The minimum absolute atomic E-state index is 0.171. The van der Waals surface area contributed by atoms with Crippen molar-refractivity contribution < 1.29 is 17.9 Å². The molecule has 32 heavy (non-hydrogen) atoms. The van der Waals surface area contributed by atoms with Crippen LogP contribution >= 0.6 is 0 Å². The van der Waals surface area contributed by atoms with Crippen molar-refractivity contribution in [2.45, 2.75) is 25.2 Å². The predicted molar refractivity (Wildman–Crippen MR) is 111 cm³/mol. The Hall–Kier alpha value is -4.34. The molecule has 0 bridgehead atoms. The van der Waals surface area contributed by atoms with Gasteiger partial charge in [-0.1, -0.05) is 0 Å². The largest absolute Gasteiger partial charge is 0.573 e. The number of halogens is 3. The Balaban J connectivity index is 1.73. The predicted octanol–water partition coefficient (Wildman–Crippen LogP) is 3.84. The number of alkyl halides is 3. The Labute approximate surface area is 179 Å².